The smallest absolute Gasteiger partial charge is 0.362 e. The number of nitrogens with one attached hydrogen (secondary N) is 1. The Kier molecular flexibility index (Phi) is 7.11. The van der Waals surface area contributed by atoms with Crippen molar-refractivity contribution in [3.8, 4) is 0 Å². The lowest BCUT2D eigenvalue weighted by molar-refractivity contribution is -0.384. The zero-order chi connectivity index (χ0) is 19.6. The number of rotatable bonds is 6. The van der Waals surface area contributed by atoms with Crippen molar-refractivity contribution in [2.75, 3.05) is 44.2 Å². The van der Waals surface area contributed by atoms with Gasteiger partial charge in [0.25, 0.3) is 5.69 Å². The van der Waals surface area contributed by atoms with E-state index in [0.717, 1.165) is 18.7 Å². The van der Waals surface area contributed by atoms with E-state index in [0.29, 0.717) is 38.2 Å². The molecule has 1 aromatic carbocycles. The van der Waals surface area contributed by atoms with E-state index < -0.39 is 22.4 Å². The minimum absolute atomic E-state index is 0. The maximum atomic E-state index is 12.8. The molecule has 156 valence electrons. The average Bonchev–Trinajstić information content (AvgIpc) is 3.45. The normalized spacial score (nSPS) is 17.2. The number of alkyl halides is 3. The highest BCUT2D eigenvalue weighted by Crippen LogP contribution is 2.36. The quantitative estimate of drug-likeness (QED) is 0.563. The molecule has 28 heavy (non-hydrogen) atoms. The zero-order valence-electron chi connectivity index (χ0n) is 15.1. The van der Waals surface area contributed by atoms with Gasteiger partial charge in [0.05, 0.1) is 17.0 Å². The van der Waals surface area contributed by atoms with Crippen LogP contribution in [0.15, 0.2) is 18.2 Å². The molecule has 0 aromatic heterocycles. The number of carbonyl (C=O) groups is 1. The van der Waals surface area contributed by atoms with E-state index >= 15 is 0 Å². The summed E-state index contributed by atoms with van der Waals surface area (Å²) in [4.78, 5) is 25.9. The van der Waals surface area contributed by atoms with Crippen LogP contribution in [0.4, 0.5) is 24.5 Å². The van der Waals surface area contributed by atoms with E-state index in [-0.39, 0.29) is 30.5 Å². The molecule has 3 rings (SSSR count). The Labute approximate surface area is 166 Å². The van der Waals surface area contributed by atoms with Crippen molar-refractivity contribution in [2.45, 2.75) is 19.0 Å². The zero-order valence-corrected chi connectivity index (χ0v) is 15.9. The Hall–Kier alpha value is -2.07. The van der Waals surface area contributed by atoms with Crippen LogP contribution in [-0.4, -0.2) is 55.0 Å². The molecular weight excluding hydrogens is 401 g/mol. The first-order chi connectivity index (χ1) is 12.8. The SMILES string of the molecule is Cl.O=C(CNCC1CC1)N1CCN(c2ccc(C(F)(F)F)cc2[N+](=O)[O-])CC1. The summed E-state index contributed by atoms with van der Waals surface area (Å²) in [5.74, 6) is 0.645. The molecule has 1 saturated heterocycles. The number of benzene rings is 1. The van der Waals surface area contributed by atoms with Gasteiger partial charge < -0.3 is 15.1 Å². The Balaban J connectivity index is 0.00000280. The van der Waals surface area contributed by atoms with Crippen molar-refractivity contribution in [1.82, 2.24) is 10.2 Å². The summed E-state index contributed by atoms with van der Waals surface area (Å²) >= 11 is 0. The number of amides is 1. The van der Waals surface area contributed by atoms with Crippen LogP contribution in [0.5, 0.6) is 0 Å². The molecule has 7 nitrogen and oxygen atoms in total. The van der Waals surface area contributed by atoms with Gasteiger partial charge in [-0.1, -0.05) is 0 Å². The van der Waals surface area contributed by atoms with Crippen LogP contribution < -0.4 is 10.2 Å². The number of hydrogen-bond donors (Lipinski definition) is 1. The fourth-order valence-corrected chi connectivity index (χ4v) is 3.13. The number of nitrogens with zero attached hydrogens (tertiary/aromatic N) is 3. The third kappa shape index (κ3) is 5.48. The van der Waals surface area contributed by atoms with Crippen molar-refractivity contribution < 1.29 is 22.9 Å². The maximum Gasteiger partial charge on any atom is 0.416 e. The van der Waals surface area contributed by atoms with E-state index in [4.69, 9.17) is 0 Å². The van der Waals surface area contributed by atoms with E-state index in [1.54, 1.807) is 9.80 Å². The number of hydrogen-bond acceptors (Lipinski definition) is 5. The van der Waals surface area contributed by atoms with Crippen molar-refractivity contribution in [1.29, 1.82) is 0 Å². The van der Waals surface area contributed by atoms with Crippen molar-refractivity contribution in [3.63, 3.8) is 0 Å². The summed E-state index contributed by atoms with van der Waals surface area (Å²) in [6, 6.07) is 2.55. The van der Waals surface area contributed by atoms with Gasteiger partial charge >= 0.3 is 6.18 Å². The number of halogens is 4. The van der Waals surface area contributed by atoms with Gasteiger partial charge in [-0.15, -0.1) is 12.4 Å². The molecule has 1 heterocycles. The predicted octanol–water partition coefficient (Wildman–Crippen LogP) is 2.68. The maximum absolute atomic E-state index is 12.8. The lowest BCUT2D eigenvalue weighted by Gasteiger charge is -2.36. The van der Waals surface area contributed by atoms with Gasteiger partial charge in [0.15, 0.2) is 0 Å². The van der Waals surface area contributed by atoms with Crippen molar-refractivity contribution in [2.24, 2.45) is 5.92 Å². The molecule has 1 amide bonds. The molecule has 1 saturated carbocycles. The first-order valence-corrected chi connectivity index (χ1v) is 8.85. The summed E-state index contributed by atoms with van der Waals surface area (Å²) in [6.07, 6.45) is -2.24. The third-order valence-electron chi connectivity index (χ3n) is 4.88. The predicted molar refractivity (Wildman–Crippen MR) is 99.7 cm³/mol. The van der Waals surface area contributed by atoms with Crippen LogP contribution in [0, 0.1) is 16.0 Å². The molecule has 0 spiro atoms. The summed E-state index contributed by atoms with van der Waals surface area (Å²) in [6.45, 7) is 2.52. The van der Waals surface area contributed by atoms with Crippen LogP contribution in [0.3, 0.4) is 0 Å². The van der Waals surface area contributed by atoms with Crippen molar-refractivity contribution in [3.05, 3.63) is 33.9 Å². The van der Waals surface area contributed by atoms with Gasteiger partial charge in [-0.3, -0.25) is 14.9 Å². The number of anilines is 1. The Morgan fingerprint density at radius 1 is 1.21 bits per heavy atom. The second kappa shape index (κ2) is 8.95. The van der Waals surface area contributed by atoms with Gasteiger partial charge in [-0.05, 0) is 37.4 Å². The van der Waals surface area contributed by atoms with E-state index in [1.165, 1.54) is 12.8 Å². The highest BCUT2D eigenvalue weighted by molar-refractivity contribution is 5.85. The Morgan fingerprint density at radius 2 is 1.86 bits per heavy atom. The van der Waals surface area contributed by atoms with E-state index in [1.807, 2.05) is 0 Å². The Morgan fingerprint density at radius 3 is 2.39 bits per heavy atom. The second-order valence-corrected chi connectivity index (χ2v) is 6.90. The molecule has 1 aromatic rings. The fraction of sp³-hybridized carbons (Fsp3) is 0.588. The molecule has 1 aliphatic heterocycles. The molecule has 0 atom stereocenters. The molecule has 1 N–H and O–H groups in total. The van der Waals surface area contributed by atoms with Crippen LogP contribution in [-0.2, 0) is 11.0 Å². The molecule has 11 heteroatoms. The summed E-state index contributed by atoms with van der Waals surface area (Å²) in [5, 5.41) is 14.4. The second-order valence-electron chi connectivity index (χ2n) is 6.90. The molecule has 2 fully saturated rings. The summed E-state index contributed by atoms with van der Waals surface area (Å²) < 4.78 is 38.4. The van der Waals surface area contributed by atoms with Crippen LogP contribution in [0.1, 0.15) is 18.4 Å². The van der Waals surface area contributed by atoms with Crippen LogP contribution >= 0.6 is 12.4 Å². The van der Waals surface area contributed by atoms with Crippen molar-refractivity contribution >= 4 is 29.7 Å². The van der Waals surface area contributed by atoms with Gasteiger partial charge in [0.1, 0.15) is 5.69 Å². The average molecular weight is 423 g/mol. The van der Waals surface area contributed by atoms with Crippen LogP contribution in [0.25, 0.3) is 0 Å². The van der Waals surface area contributed by atoms with Gasteiger partial charge in [-0.25, -0.2) is 0 Å². The third-order valence-corrected chi connectivity index (χ3v) is 4.88. The number of carbonyl (C=O) groups excluding carboxylic acids is 1. The number of nitro benzene ring substituents is 1. The molecule has 0 radical (unpaired) electrons. The van der Waals surface area contributed by atoms with Crippen LogP contribution in [0.2, 0.25) is 0 Å². The highest BCUT2D eigenvalue weighted by Gasteiger charge is 2.34. The molecule has 2 aliphatic rings. The molecule has 0 unspecified atom stereocenters. The first kappa shape index (κ1) is 22.2. The fourth-order valence-electron chi connectivity index (χ4n) is 3.13. The van der Waals surface area contributed by atoms with Gasteiger partial charge in [-0.2, -0.15) is 13.2 Å². The minimum Gasteiger partial charge on any atom is -0.362 e. The van der Waals surface area contributed by atoms with Gasteiger partial charge in [0.2, 0.25) is 5.91 Å². The standard InChI is InChI=1S/C17H21F3N4O3.ClH/c18-17(19,20)13-3-4-14(15(9-13)24(26)27)22-5-7-23(8-6-22)16(25)11-21-10-12-1-2-12;/h3-4,9,12,21H,1-2,5-8,10-11H2;1H. The number of piperazine rings is 1. The molecule has 1 aliphatic carbocycles. The highest BCUT2D eigenvalue weighted by atomic mass is 35.5. The molecule has 0 bridgehead atoms. The summed E-state index contributed by atoms with van der Waals surface area (Å²) in [5.41, 5.74) is -1.48. The molecular formula is C17H22ClF3N4O3. The lowest BCUT2D eigenvalue weighted by atomic mass is 10.1. The largest absolute Gasteiger partial charge is 0.416 e. The van der Waals surface area contributed by atoms with Gasteiger partial charge in [0, 0.05) is 32.2 Å². The Bertz CT molecular complexity index is 720. The first-order valence-electron chi connectivity index (χ1n) is 8.85. The monoisotopic (exact) mass is 422 g/mol. The van der Waals surface area contributed by atoms with E-state index in [9.17, 15) is 28.1 Å². The van der Waals surface area contributed by atoms with E-state index in [2.05, 4.69) is 5.32 Å². The summed E-state index contributed by atoms with van der Waals surface area (Å²) in [7, 11) is 0. The minimum atomic E-state index is -4.64. The lowest BCUT2D eigenvalue weighted by Crippen LogP contribution is -2.51. The topological polar surface area (TPSA) is 78.7 Å². The number of nitro groups is 1.